The molecular weight excluding hydrogens is 504 g/mol. The number of carboxylic acids is 1. The molecule has 0 bridgehead atoms. The van der Waals surface area contributed by atoms with Gasteiger partial charge in [0.2, 0.25) is 23.6 Å². The lowest BCUT2D eigenvalue weighted by Crippen LogP contribution is -2.60. The molecule has 0 saturated carbocycles. The lowest BCUT2D eigenvalue weighted by molar-refractivity contribution is -0.142. The summed E-state index contributed by atoms with van der Waals surface area (Å²) in [6.45, 7) is 1.27. The van der Waals surface area contributed by atoms with Gasteiger partial charge in [-0.25, -0.2) is 4.79 Å². The monoisotopic (exact) mass is 536 g/mol. The number of primary amides is 1. The summed E-state index contributed by atoms with van der Waals surface area (Å²) in [5.74, 6) is -4.60. The molecule has 2 rings (SSSR count). The van der Waals surface area contributed by atoms with Crippen molar-refractivity contribution in [3.8, 4) is 0 Å². The zero-order chi connectivity index (χ0) is 27.7. The first-order valence-corrected chi connectivity index (χ1v) is 12.1. The van der Waals surface area contributed by atoms with Crippen LogP contribution in [0.3, 0.4) is 0 Å². The van der Waals surface area contributed by atoms with Crippen LogP contribution in [0.2, 0.25) is 0 Å². The number of rotatable bonds is 14. The van der Waals surface area contributed by atoms with E-state index in [0.717, 1.165) is 10.9 Å². The fourth-order valence-corrected chi connectivity index (χ4v) is 3.72. The molecular formula is C23H32N6O7S. The maximum Gasteiger partial charge on any atom is 0.326 e. The number of nitrogens with two attached hydrogens (primary N) is 2. The molecule has 5 unspecified atom stereocenters. The van der Waals surface area contributed by atoms with E-state index in [1.807, 2.05) is 18.2 Å². The fraction of sp³-hybridized carbons (Fsp3) is 0.435. The van der Waals surface area contributed by atoms with Gasteiger partial charge in [-0.15, -0.1) is 0 Å². The van der Waals surface area contributed by atoms with Crippen molar-refractivity contribution in [1.29, 1.82) is 0 Å². The van der Waals surface area contributed by atoms with Crippen molar-refractivity contribution in [1.82, 2.24) is 20.9 Å². The Morgan fingerprint density at radius 1 is 1.03 bits per heavy atom. The molecule has 10 N–H and O–H groups in total. The Morgan fingerprint density at radius 2 is 1.68 bits per heavy atom. The Balaban J connectivity index is 2.31. The molecule has 1 aromatic heterocycles. The van der Waals surface area contributed by atoms with E-state index in [-0.39, 0.29) is 25.0 Å². The number of aliphatic carboxylic acids is 1. The zero-order valence-corrected chi connectivity index (χ0v) is 21.0. The number of carbonyl (C=O) groups excluding carboxylic acids is 4. The molecule has 0 aliphatic rings. The van der Waals surface area contributed by atoms with Gasteiger partial charge < -0.3 is 42.6 Å². The van der Waals surface area contributed by atoms with E-state index in [9.17, 15) is 34.2 Å². The summed E-state index contributed by atoms with van der Waals surface area (Å²) >= 11 is 3.94. The lowest BCUT2D eigenvalue weighted by Gasteiger charge is -2.26. The summed E-state index contributed by atoms with van der Waals surface area (Å²) in [5.41, 5.74) is 12.2. The first kappa shape index (κ1) is 29.6. The van der Waals surface area contributed by atoms with Gasteiger partial charge in [0, 0.05) is 35.7 Å². The molecule has 0 fully saturated rings. The minimum atomic E-state index is -1.46. The maximum absolute atomic E-state index is 13.2. The number of H-pyrrole nitrogens is 1. The standard InChI is InChI=1S/C23H32N6O7S/c1-11(30)19(29-20(32)14(24)10-37)22(34)28-17(8-12-9-26-15-5-3-2-4-13(12)15)21(33)27-16(23(35)36)6-7-18(25)31/h2-5,9,11,14,16-17,19,26,30,37H,6-8,10,24H2,1H3,(H2,25,31)(H,27,33)(H,28,34)(H,29,32)(H,35,36). The summed E-state index contributed by atoms with van der Waals surface area (Å²) in [6, 6.07) is 1.99. The second kappa shape index (κ2) is 13.6. The molecule has 4 amide bonds. The van der Waals surface area contributed by atoms with Crippen molar-refractivity contribution in [2.75, 3.05) is 5.75 Å². The highest BCUT2D eigenvalue weighted by molar-refractivity contribution is 7.80. The van der Waals surface area contributed by atoms with Crippen LogP contribution in [-0.4, -0.2) is 80.8 Å². The molecule has 202 valence electrons. The van der Waals surface area contributed by atoms with E-state index in [0.29, 0.717) is 5.56 Å². The molecule has 0 saturated heterocycles. The first-order chi connectivity index (χ1) is 17.4. The number of benzene rings is 1. The van der Waals surface area contributed by atoms with E-state index in [1.165, 1.54) is 6.92 Å². The van der Waals surface area contributed by atoms with Crippen molar-refractivity contribution in [3.05, 3.63) is 36.0 Å². The van der Waals surface area contributed by atoms with E-state index in [2.05, 4.69) is 33.6 Å². The molecule has 2 aromatic rings. The summed E-state index contributed by atoms with van der Waals surface area (Å²) in [4.78, 5) is 64.2. The molecule has 13 nitrogen and oxygen atoms in total. The van der Waals surface area contributed by atoms with Crippen LogP contribution in [0.4, 0.5) is 0 Å². The molecule has 0 aliphatic heterocycles. The van der Waals surface area contributed by atoms with Gasteiger partial charge in [-0.2, -0.15) is 12.6 Å². The SMILES string of the molecule is CC(O)C(NC(=O)C(N)CS)C(=O)NC(Cc1c[nH]c2ccccc12)C(=O)NC(CCC(N)=O)C(=O)O. The van der Waals surface area contributed by atoms with E-state index < -0.39 is 59.9 Å². The van der Waals surface area contributed by atoms with Crippen molar-refractivity contribution < 1.29 is 34.2 Å². The third-order valence-corrected chi connectivity index (χ3v) is 6.02. The number of nitrogens with one attached hydrogen (secondary N) is 4. The average Bonchev–Trinajstić information content (AvgIpc) is 3.25. The second-order valence-corrected chi connectivity index (χ2v) is 8.91. The zero-order valence-electron chi connectivity index (χ0n) is 20.1. The highest BCUT2D eigenvalue weighted by atomic mass is 32.1. The molecule has 14 heteroatoms. The summed E-state index contributed by atoms with van der Waals surface area (Å²) < 4.78 is 0. The highest BCUT2D eigenvalue weighted by Gasteiger charge is 2.32. The van der Waals surface area contributed by atoms with Crippen molar-refractivity contribution >= 4 is 53.1 Å². The molecule has 0 spiro atoms. The number of aromatic nitrogens is 1. The Morgan fingerprint density at radius 3 is 2.27 bits per heavy atom. The number of aliphatic hydroxyl groups excluding tert-OH is 1. The van der Waals surface area contributed by atoms with Crippen molar-refractivity contribution in [3.63, 3.8) is 0 Å². The summed E-state index contributed by atoms with van der Waals surface area (Å²) in [5, 5.41) is 27.5. The number of fused-ring (bicyclic) bond motifs is 1. The first-order valence-electron chi connectivity index (χ1n) is 11.5. The quantitative estimate of drug-likeness (QED) is 0.124. The smallest absolute Gasteiger partial charge is 0.326 e. The molecule has 0 aliphatic carbocycles. The fourth-order valence-electron chi connectivity index (χ4n) is 3.56. The number of amides is 4. The van der Waals surface area contributed by atoms with E-state index >= 15 is 0 Å². The molecule has 1 aromatic carbocycles. The number of carboxylic acid groups (broad SMARTS) is 1. The minimum absolute atomic E-state index is 0.00649. The van der Waals surface area contributed by atoms with Gasteiger partial charge in [-0.1, -0.05) is 18.2 Å². The van der Waals surface area contributed by atoms with Crippen LogP contribution in [0.25, 0.3) is 10.9 Å². The van der Waals surface area contributed by atoms with Gasteiger partial charge in [-0.3, -0.25) is 19.2 Å². The second-order valence-electron chi connectivity index (χ2n) is 8.55. The van der Waals surface area contributed by atoms with Crippen LogP contribution in [0.1, 0.15) is 25.3 Å². The van der Waals surface area contributed by atoms with Gasteiger partial charge >= 0.3 is 5.97 Å². The van der Waals surface area contributed by atoms with Crippen molar-refractivity contribution in [2.45, 2.75) is 56.5 Å². The van der Waals surface area contributed by atoms with E-state index in [1.54, 1.807) is 12.3 Å². The van der Waals surface area contributed by atoms with Crippen LogP contribution in [0.5, 0.6) is 0 Å². The largest absolute Gasteiger partial charge is 0.480 e. The van der Waals surface area contributed by atoms with Crippen LogP contribution >= 0.6 is 12.6 Å². The third kappa shape index (κ3) is 8.48. The summed E-state index contributed by atoms with van der Waals surface area (Å²) in [6.07, 6.45) is -0.287. The third-order valence-electron chi connectivity index (χ3n) is 5.62. The number of hydrogen-bond acceptors (Lipinski definition) is 8. The minimum Gasteiger partial charge on any atom is -0.480 e. The number of para-hydroxylation sites is 1. The molecule has 37 heavy (non-hydrogen) atoms. The van der Waals surface area contributed by atoms with E-state index in [4.69, 9.17) is 11.5 Å². The Bertz CT molecular complexity index is 1140. The summed E-state index contributed by atoms with van der Waals surface area (Å²) in [7, 11) is 0. The molecule has 0 radical (unpaired) electrons. The number of aromatic amines is 1. The van der Waals surface area contributed by atoms with Crippen LogP contribution in [0.15, 0.2) is 30.5 Å². The topological polar surface area (TPSA) is 230 Å². The van der Waals surface area contributed by atoms with Crippen LogP contribution in [-0.2, 0) is 30.4 Å². The van der Waals surface area contributed by atoms with Gasteiger partial charge in [0.05, 0.1) is 12.1 Å². The van der Waals surface area contributed by atoms with Gasteiger partial charge in [0.25, 0.3) is 0 Å². The predicted octanol–water partition coefficient (Wildman–Crippen LogP) is -1.85. The van der Waals surface area contributed by atoms with Crippen LogP contribution in [0, 0.1) is 0 Å². The predicted molar refractivity (Wildman–Crippen MR) is 137 cm³/mol. The highest BCUT2D eigenvalue weighted by Crippen LogP contribution is 2.19. The van der Waals surface area contributed by atoms with Crippen LogP contribution < -0.4 is 27.4 Å². The maximum atomic E-state index is 13.2. The average molecular weight is 537 g/mol. The van der Waals surface area contributed by atoms with Crippen molar-refractivity contribution in [2.24, 2.45) is 11.5 Å². The molecule has 5 atom stereocenters. The Labute approximate surface area is 218 Å². The number of thiol groups is 1. The lowest BCUT2D eigenvalue weighted by atomic mass is 10.0. The Hall–Kier alpha value is -3.62. The normalized spacial score (nSPS) is 15.1. The molecule has 1 heterocycles. The van der Waals surface area contributed by atoms with Gasteiger partial charge in [0.1, 0.15) is 18.1 Å². The Kier molecular flexibility index (Phi) is 10.9. The number of carbonyl (C=O) groups is 5. The van der Waals surface area contributed by atoms with Gasteiger partial charge in [0.15, 0.2) is 0 Å². The number of hydrogen-bond donors (Lipinski definition) is 9. The van der Waals surface area contributed by atoms with Gasteiger partial charge in [-0.05, 0) is 25.0 Å². The number of aliphatic hydroxyl groups is 1.